The molecular weight excluding hydrogens is 532 g/mol. The second-order valence-electron chi connectivity index (χ2n) is 12.5. The highest BCUT2D eigenvalue weighted by Crippen LogP contribution is 2.44. The van der Waals surface area contributed by atoms with Crippen LogP contribution < -0.4 is 5.32 Å². The van der Waals surface area contributed by atoms with Crippen LogP contribution in [0.15, 0.2) is 64.9 Å². The van der Waals surface area contributed by atoms with Gasteiger partial charge in [-0.05, 0) is 59.3 Å². The van der Waals surface area contributed by atoms with E-state index in [4.69, 9.17) is 4.74 Å². The van der Waals surface area contributed by atoms with Crippen LogP contribution in [-0.2, 0) is 14.3 Å². The number of carboxylic acids is 1. The number of unbranched alkanes of at least 4 members (excludes halogenated alkanes) is 1. The van der Waals surface area contributed by atoms with Crippen LogP contribution in [0, 0.1) is 11.3 Å². The number of fused-ring (bicyclic) bond motifs is 3. The average molecular weight is 575 g/mol. The summed E-state index contributed by atoms with van der Waals surface area (Å²) < 4.78 is 5.52. The molecule has 2 aromatic carbocycles. The first kappa shape index (κ1) is 31.0. The molecule has 1 unspecified atom stereocenters. The normalized spacial score (nSPS) is 17.2. The Morgan fingerprint density at radius 3 is 2.21 bits per heavy atom. The summed E-state index contributed by atoms with van der Waals surface area (Å²) in [5.74, 6) is -0.959. The first-order valence-electron chi connectivity index (χ1n) is 14.8. The Morgan fingerprint density at radius 1 is 1.02 bits per heavy atom. The predicted octanol–water partition coefficient (Wildman–Crippen LogP) is 6.84. The zero-order valence-corrected chi connectivity index (χ0v) is 25.0. The van der Waals surface area contributed by atoms with E-state index < -0.39 is 18.1 Å². The Bertz CT molecular complexity index is 1340. The highest BCUT2D eigenvalue weighted by Gasteiger charge is 2.35. The molecular formula is C34H42N2O6. The van der Waals surface area contributed by atoms with E-state index in [2.05, 4.69) is 22.4 Å². The Kier molecular flexibility index (Phi) is 9.86. The second-order valence-corrected chi connectivity index (χ2v) is 12.5. The number of ether oxygens (including phenoxy) is 1. The van der Waals surface area contributed by atoms with E-state index in [0.29, 0.717) is 49.9 Å². The minimum atomic E-state index is -1.13. The van der Waals surface area contributed by atoms with Gasteiger partial charge in [0.2, 0.25) is 0 Å². The van der Waals surface area contributed by atoms with E-state index in [1.165, 1.54) is 0 Å². The first-order chi connectivity index (χ1) is 20.0. The molecule has 3 N–H and O–H groups in total. The molecule has 0 saturated heterocycles. The quantitative estimate of drug-likeness (QED) is 0.188. The van der Waals surface area contributed by atoms with Gasteiger partial charge in [-0.25, -0.2) is 9.59 Å². The van der Waals surface area contributed by atoms with Gasteiger partial charge in [-0.2, -0.15) is 0 Å². The van der Waals surface area contributed by atoms with Crippen molar-refractivity contribution < 1.29 is 29.3 Å². The number of Topliss-reactive ketones (excluding diaryl/α,β-unsaturated/α-hetero) is 1. The molecule has 0 fully saturated rings. The molecule has 8 nitrogen and oxygen atoms in total. The molecule has 1 amide bonds. The SMILES string of the molecule is CC(C)CC(=NCCCCC(NC(=O)OCC1c2ccccc2-c2ccccc21)C(=O)O)C1=C(O)CC(C)(C)CC1=O. The van der Waals surface area contributed by atoms with Crippen LogP contribution in [0.25, 0.3) is 11.1 Å². The fraction of sp³-hybridized carbons (Fsp3) is 0.471. The van der Waals surface area contributed by atoms with Crippen LogP contribution in [0.3, 0.4) is 0 Å². The Balaban J connectivity index is 1.30. The summed E-state index contributed by atoms with van der Waals surface area (Å²) in [4.78, 5) is 42.0. The summed E-state index contributed by atoms with van der Waals surface area (Å²) in [7, 11) is 0. The largest absolute Gasteiger partial charge is 0.511 e. The van der Waals surface area contributed by atoms with Crippen molar-refractivity contribution in [2.45, 2.75) is 78.2 Å². The maximum absolute atomic E-state index is 12.8. The first-order valence-corrected chi connectivity index (χ1v) is 14.8. The number of hydrogen-bond donors (Lipinski definition) is 3. The molecule has 224 valence electrons. The van der Waals surface area contributed by atoms with Gasteiger partial charge in [0.25, 0.3) is 0 Å². The number of allylic oxidation sites excluding steroid dienone is 2. The van der Waals surface area contributed by atoms with Crippen molar-refractivity contribution in [3.63, 3.8) is 0 Å². The highest BCUT2D eigenvalue weighted by molar-refractivity contribution is 6.23. The van der Waals surface area contributed by atoms with Gasteiger partial charge in [0.15, 0.2) is 5.78 Å². The van der Waals surface area contributed by atoms with E-state index in [9.17, 15) is 24.6 Å². The predicted molar refractivity (Wildman–Crippen MR) is 163 cm³/mol. The molecule has 0 heterocycles. The van der Waals surface area contributed by atoms with Gasteiger partial charge in [0.1, 0.15) is 18.4 Å². The molecule has 2 aliphatic rings. The van der Waals surface area contributed by atoms with Gasteiger partial charge in [-0.15, -0.1) is 0 Å². The maximum Gasteiger partial charge on any atom is 0.407 e. The summed E-state index contributed by atoms with van der Waals surface area (Å²) >= 11 is 0. The molecule has 0 bridgehead atoms. The third kappa shape index (κ3) is 7.46. The molecule has 0 aliphatic heterocycles. The number of alkyl carbamates (subject to hydrolysis) is 1. The number of rotatable bonds is 12. The van der Waals surface area contributed by atoms with Gasteiger partial charge < -0.3 is 20.3 Å². The lowest BCUT2D eigenvalue weighted by atomic mass is 9.75. The fourth-order valence-corrected chi connectivity index (χ4v) is 5.96. The van der Waals surface area contributed by atoms with Crippen LogP contribution in [0.1, 0.15) is 83.3 Å². The minimum absolute atomic E-state index is 0.0821. The number of aliphatic imine (C=N–C) groups is 1. The number of hydrogen-bond acceptors (Lipinski definition) is 6. The minimum Gasteiger partial charge on any atom is -0.511 e. The summed E-state index contributed by atoms with van der Waals surface area (Å²) in [5.41, 5.74) is 5.10. The number of benzene rings is 2. The number of aliphatic hydroxyl groups is 1. The number of carbonyl (C=O) groups is 3. The van der Waals surface area contributed by atoms with E-state index in [-0.39, 0.29) is 41.8 Å². The molecule has 0 saturated carbocycles. The number of nitrogens with zero attached hydrogens (tertiary/aromatic N) is 1. The monoisotopic (exact) mass is 574 g/mol. The zero-order chi connectivity index (χ0) is 30.4. The van der Waals surface area contributed by atoms with Gasteiger partial charge in [-0.1, -0.05) is 76.2 Å². The maximum atomic E-state index is 12.8. The van der Waals surface area contributed by atoms with Crippen LogP contribution in [0.5, 0.6) is 0 Å². The van der Waals surface area contributed by atoms with Crippen molar-refractivity contribution in [3.8, 4) is 11.1 Å². The van der Waals surface area contributed by atoms with Crippen LogP contribution in [0.4, 0.5) is 4.79 Å². The Morgan fingerprint density at radius 2 is 1.64 bits per heavy atom. The van der Waals surface area contributed by atoms with Crippen molar-refractivity contribution in [3.05, 3.63) is 71.0 Å². The van der Waals surface area contributed by atoms with Crippen LogP contribution in [-0.4, -0.2) is 53.0 Å². The second kappa shape index (κ2) is 13.4. The number of aliphatic carboxylic acids is 1. The molecule has 2 aliphatic carbocycles. The fourth-order valence-electron chi connectivity index (χ4n) is 5.96. The standard InChI is InChI=1S/C34H42N2O6/c1-21(2)17-28(31-29(37)18-34(3,4)19-30(31)38)35-16-10-9-15-27(32(39)40)36-33(41)42-20-26-24-13-7-5-11-22(24)23-12-6-8-14-25(23)26/h5-8,11-14,21,26-27,37H,9-10,15-20H2,1-4H3,(H,36,41)(H,39,40). The van der Waals surface area contributed by atoms with Crippen LogP contribution in [0.2, 0.25) is 0 Å². The summed E-state index contributed by atoms with van der Waals surface area (Å²) in [6.45, 7) is 8.51. The van der Waals surface area contributed by atoms with E-state index in [1.54, 1.807) is 0 Å². The van der Waals surface area contributed by atoms with E-state index in [0.717, 1.165) is 22.3 Å². The molecule has 1 atom stereocenters. The molecule has 0 radical (unpaired) electrons. The van der Waals surface area contributed by atoms with Crippen molar-refractivity contribution in [1.82, 2.24) is 5.32 Å². The summed E-state index contributed by atoms with van der Waals surface area (Å²) in [5, 5.41) is 22.9. The van der Waals surface area contributed by atoms with Crippen LogP contribution >= 0.6 is 0 Å². The lowest BCUT2D eigenvalue weighted by Crippen LogP contribution is -2.41. The van der Waals surface area contributed by atoms with Crippen molar-refractivity contribution in [2.24, 2.45) is 16.3 Å². The van der Waals surface area contributed by atoms with Gasteiger partial charge in [-0.3, -0.25) is 9.79 Å². The third-order valence-corrected chi connectivity index (χ3v) is 7.88. The molecule has 42 heavy (non-hydrogen) atoms. The number of carboxylic acid groups (broad SMARTS) is 1. The van der Waals surface area contributed by atoms with Crippen molar-refractivity contribution >= 4 is 23.6 Å². The topological polar surface area (TPSA) is 125 Å². The van der Waals surface area contributed by atoms with Gasteiger partial charge in [0.05, 0.1) is 5.57 Å². The summed E-state index contributed by atoms with van der Waals surface area (Å²) in [6, 6.07) is 15.0. The smallest absolute Gasteiger partial charge is 0.407 e. The molecule has 4 rings (SSSR count). The van der Waals surface area contributed by atoms with Crippen molar-refractivity contribution in [1.29, 1.82) is 0 Å². The highest BCUT2D eigenvalue weighted by atomic mass is 16.5. The van der Waals surface area contributed by atoms with Gasteiger partial charge in [0, 0.05) is 31.0 Å². The number of nitrogens with one attached hydrogen (secondary N) is 1. The van der Waals surface area contributed by atoms with E-state index >= 15 is 0 Å². The Hall–Kier alpha value is -3.94. The molecule has 8 heteroatoms. The molecule has 0 aromatic heterocycles. The number of carbonyl (C=O) groups excluding carboxylic acids is 2. The number of ketones is 1. The number of amides is 1. The molecule has 2 aromatic rings. The lowest BCUT2D eigenvalue weighted by Gasteiger charge is -2.30. The van der Waals surface area contributed by atoms with Crippen molar-refractivity contribution in [2.75, 3.05) is 13.2 Å². The number of aliphatic hydroxyl groups excluding tert-OH is 1. The third-order valence-electron chi connectivity index (χ3n) is 7.88. The average Bonchev–Trinajstić information content (AvgIpc) is 3.23. The zero-order valence-electron chi connectivity index (χ0n) is 25.0. The van der Waals surface area contributed by atoms with Gasteiger partial charge >= 0.3 is 12.1 Å². The Labute approximate surface area is 247 Å². The summed E-state index contributed by atoms with van der Waals surface area (Å²) in [6.07, 6.45) is 1.92. The lowest BCUT2D eigenvalue weighted by molar-refractivity contribution is -0.139. The van der Waals surface area contributed by atoms with E-state index in [1.807, 2.05) is 64.1 Å². The molecule has 0 spiro atoms.